The first-order valence-electron chi connectivity index (χ1n) is 8.98. The summed E-state index contributed by atoms with van der Waals surface area (Å²) < 4.78 is 5.79. The van der Waals surface area contributed by atoms with Crippen molar-refractivity contribution in [3.05, 3.63) is 76.3 Å². The van der Waals surface area contributed by atoms with Gasteiger partial charge >= 0.3 is 0 Å². The minimum absolute atomic E-state index is 0.135. The molecule has 3 rings (SSSR count). The maximum atomic E-state index is 12.3. The number of fused-ring (bicyclic) bond motifs is 1. The van der Waals surface area contributed by atoms with Gasteiger partial charge < -0.3 is 10.1 Å². The summed E-state index contributed by atoms with van der Waals surface area (Å²) in [5, 5.41) is 6.47. The van der Waals surface area contributed by atoms with Crippen molar-refractivity contribution in [2.45, 2.75) is 18.8 Å². The highest BCUT2D eigenvalue weighted by Gasteiger charge is 2.14. The third kappa shape index (κ3) is 5.57. The van der Waals surface area contributed by atoms with E-state index in [-0.39, 0.29) is 5.91 Å². The number of nitrogens with one attached hydrogen (secondary N) is 1. The van der Waals surface area contributed by atoms with E-state index in [1.807, 2.05) is 60.7 Å². The number of amides is 1. The summed E-state index contributed by atoms with van der Waals surface area (Å²) in [6.45, 7) is 2.30. The predicted octanol–water partition coefficient (Wildman–Crippen LogP) is 5.96. The minimum atomic E-state index is -0.566. The molecule has 3 aromatic carbocycles. The number of ether oxygens (including phenoxy) is 1. The van der Waals surface area contributed by atoms with Crippen LogP contribution in [0.5, 0.6) is 5.75 Å². The fourth-order valence-electron chi connectivity index (χ4n) is 2.73. The first-order chi connectivity index (χ1) is 13.5. The van der Waals surface area contributed by atoms with Gasteiger partial charge in [-0.2, -0.15) is 11.8 Å². The highest BCUT2D eigenvalue weighted by Crippen LogP contribution is 2.28. The van der Waals surface area contributed by atoms with Crippen molar-refractivity contribution in [3.63, 3.8) is 0 Å². The van der Waals surface area contributed by atoms with Crippen LogP contribution in [0.4, 0.5) is 0 Å². The number of hydrogen-bond donors (Lipinski definition) is 1. The third-order valence-corrected chi connectivity index (χ3v) is 5.95. The van der Waals surface area contributed by atoms with Crippen molar-refractivity contribution in [1.82, 2.24) is 5.32 Å². The SMILES string of the molecule is CC(Oc1ccc2ccccc2c1)C(=O)NCCSCc1c(Cl)cccc1Cl. The minimum Gasteiger partial charge on any atom is -0.481 e. The van der Waals surface area contributed by atoms with Crippen molar-refractivity contribution in [2.24, 2.45) is 0 Å². The second-order valence-electron chi connectivity index (χ2n) is 6.31. The van der Waals surface area contributed by atoms with Gasteiger partial charge in [0.05, 0.1) is 0 Å². The average Bonchev–Trinajstić information content (AvgIpc) is 2.69. The van der Waals surface area contributed by atoms with Gasteiger partial charge in [0.1, 0.15) is 5.75 Å². The van der Waals surface area contributed by atoms with Crippen LogP contribution >= 0.6 is 35.0 Å². The first kappa shape index (κ1) is 20.8. The molecule has 0 saturated heterocycles. The lowest BCUT2D eigenvalue weighted by atomic mass is 10.1. The first-order valence-corrected chi connectivity index (χ1v) is 10.9. The van der Waals surface area contributed by atoms with Crippen LogP contribution in [0.1, 0.15) is 12.5 Å². The van der Waals surface area contributed by atoms with Gasteiger partial charge in [-0.1, -0.05) is 59.6 Å². The molecule has 0 aliphatic rings. The fourth-order valence-corrected chi connectivity index (χ4v) is 4.33. The molecule has 0 spiro atoms. The molecule has 3 nitrogen and oxygen atoms in total. The van der Waals surface area contributed by atoms with Crippen LogP contribution in [0.15, 0.2) is 60.7 Å². The molecule has 0 saturated carbocycles. The van der Waals surface area contributed by atoms with Crippen molar-refractivity contribution in [2.75, 3.05) is 12.3 Å². The fraction of sp³-hybridized carbons (Fsp3) is 0.227. The molecule has 0 aliphatic carbocycles. The summed E-state index contributed by atoms with van der Waals surface area (Å²) in [4.78, 5) is 12.3. The predicted molar refractivity (Wildman–Crippen MR) is 120 cm³/mol. The molecule has 1 unspecified atom stereocenters. The molecular weight excluding hydrogens is 413 g/mol. The van der Waals surface area contributed by atoms with Crippen molar-refractivity contribution in [1.29, 1.82) is 0 Å². The molecule has 0 aliphatic heterocycles. The Morgan fingerprint density at radius 1 is 1.04 bits per heavy atom. The van der Waals surface area contributed by atoms with E-state index >= 15 is 0 Å². The van der Waals surface area contributed by atoms with Crippen LogP contribution in [0.3, 0.4) is 0 Å². The van der Waals surface area contributed by atoms with E-state index in [0.29, 0.717) is 28.1 Å². The second-order valence-corrected chi connectivity index (χ2v) is 8.23. The summed E-state index contributed by atoms with van der Waals surface area (Å²) in [5.41, 5.74) is 0.926. The van der Waals surface area contributed by atoms with E-state index in [2.05, 4.69) is 5.32 Å². The Kier molecular flexibility index (Phi) is 7.49. The van der Waals surface area contributed by atoms with Gasteiger partial charge in [0.25, 0.3) is 5.91 Å². The summed E-state index contributed by atoms with van der Waals surface area (Å²) >= 11 is 14.0. The van der Waals surface area contributed by atoms with Crippen LogP contribution in [-0.4, -0.2) is 24.3 Å². The summed E-state index contributed by atoms with van der Waals surface area (Å²) in [5.74, 6) is 2.02. The molecule has 0 bridgehead atoms. The molecule has 3 aromatic rings. The zero-order valence-electron chi connectivity index (χ0n) is 15.5. The van der Waals surface area contributed by atoms with Gasteiger partial charge in [-0.15, -0.1) is 0 Å². The number of benzene rings is 3. The van der Waals surface area contributed by atoms with Crippen molar-refractivity contribution < 1.29 is 9.53 Å². The Balaban J connectivity index is 1.42. The van der Waals surface area contributed by atoms with Crippen LogP contribution in [0.25, 0.3) is 10.8 Å². The van der Waals surface area contributed by atoms with Crippen molar-refractivity contribution >= 4 is 51.6 Å². The zero-order valence-corrected chi connectivity index (χ0v) is 17.8. The number of halogens is 2. The lowest BCUT2D eigenvalue weighted by Crippen LogP contribution is -2.37. The highest BCUT2D eigenvalue weighted by molar-refractivity contribution is 7.98. The molecule has 1 atom stereocenters. The van der Waals surface area contributed by atoms with E-state index in [1.165, 1.54) is 0 Å². The number of thioether (sulfide) groups is 1. The Hall–Kier alpha value is -1.88. The zero-order chi connectivity index (χ0) is 19.9. The lowest BCUT2D eigenvalue weighted by molar-refractivity contribution is -0.127. The number of hydrogen-bond acceptors (Lipinski definition) is 3. The molecule has 0 heterocycles. The van der Waals surface area contributed by atoms with Crippen molar-refractivity contribution in [3.8, 4) is 5.75 Å². The van der Waals surface area contributed by atoms with Gasteiger partial charge in [-0.05, 0) is 47.5 Å². The van der Waals surface area contributed by atoms with Gasteiger partial charge in [-0.25, -0.2) is 0 Å². The molecule has 0 fully saturated rings. The molecule has 0 radical (unpaired) electrons. The maximum absolute atomic E-state index is 12.3. The van der Waals surface area contributed by atoms with Gasteiger partial charge in [0, 0.05) is 28.1 Å². The lowest BCUT2D eigenvalue weighted by Gasteiger charge is -2.15. The number of carbonyl (C=O) groups is 1. The van der Waals surface area contributed by atoms with E-state index in [0.717, 1.165) is 22.1 Å². The summed E-state index contributed by atoms with van der Waals surface area (Å²) in [7, 11) is 0. The normalized spacial score (nSPS) is 12.0. The topological polar surface area (TPSA) is 38.3 Å². The molecule has 146 valence electrons. The van der Waals surface area contributed by atoms with E-state index in [1.54, 1.807) is 18.7 Å². The van der Waals surface area contributed by atoms with Crippen LogP contribution in [0.2, 0.25) is 10.0 Å². The standard InChI is InChI=1S/C22H21Cl2NO2S/c1-15(27-18-10-9-16-5-2-3-6-17(16)13-18)22(26)25-11-12-28-14-19-20(23)7-4-8-21(19)24/h2-10,13,15H,11-12,14H2,1H3,(H,25,26). The Morgan fingerprint density at radius 2 is 1.75 bits per heavy atom. The Bertz CT molecular complexity index is 944. The smallest absolute Gasteiger partial charge is 0.260 e. The average molecular weight is 434 g/mol. The quantitative estimate of drug-likeness (QED) is 0.445. The van der Waals surface area contributed by atoms with Crippen LogP contribution in [-0.2, 0) is 10.5 Å². The third-order valence-electron chi connectivity index (χ3n) is 4.26. The molecular formula is C22H21Cl2NO2S. The van der Waals surface area contributed by atoms with E-state index in [4.69, 9.17) is 27.9 Å². The van der Waals surface area contributed by atoms with Crippen LogP contribution < -0.4 is 10.1 Å². The van der Waals surface area contributed by atoms with Gasteiger partial charge in [-0.3, -0.25) is 4.79 Å². The highest BCUT2D eigenvalue weighted by atomic mass is 35.5. The molecule has 28 heavy (non-hydrogen) atoms. The van der Waals surface area contributed by atoms with Gasteiger partial charge in [0.15, 0.2) is 6.10 Å². The number of carbonyl (C=O) groups excluding carboxylic acids is 1. The van der Waals surface area contributed by atoms with Gasteiger partial charge in [0.2, 0.25) is 0 Å². The Labute approximate surface area is 179 Å². The summed E-state index contributed by atoms with van der Waals surface area (Å²) in [6, 6.07) is 19.4. The molecule has 1 amide bonds. The monoisotopic (exact) mass is 433 g/mol. The maximum Gasteiger partial charge on any atom is 0.260 e. The Morgan fingerprint density at radius 3 is 2.50 bits per heavy atom. The molecule has 1 N–H and O–H groups in total. The second kappa shape index (κ2) is 10.1. The summed E-state index contributed by atoms with van der Waals surface area (Å²) in [6.07, 6.45) is -0.566. The van der Waals surface area contributed by atoms with Crippen LogP contribution in [0, 0.1) is 0 Å². The number of rotatable bonds is 8. The largest absolute Gasteiger partial charge is 0.481 e. The van der Waals surface area contributed by atoms with E-state index in [9.17, 15) is 4.79 Å². The molecule has 0 aromatic heterocycles. The molecule has 6 heteroatoms. The van der Waals surface area contributed by atoms with E-state index < -0.39 is 6.10 Å².